The maximum Gasteiger partial charge on any atom is 0.229 e. The average Bonchev–Trinajstić information content (AvgIpc) is 2.40. The Bertz CT molecular complexity index is 814. The predicted octanol–water partition coefficient (Wildman–Crippen LogP) is 2.37. The molecule has 0 bridgehead atoms. The number of ketones is 1. The Morgan fingerprint density at radius 3 is 2.55 bits per heavy atom. The summed E-state index contributed by atoms with van der Waals surface area (Å²) in [6.45, 7) is 1.88. The largest absolute Gasteiger partial charge is 0.398 e. The van der Waals surface area contributed by atoms with E-state index < -0.39 is 10.0 Å². The van der Waals surface area contributed by atoms with Crippen molar-refractivity contribution in [1.82, 2.24) is 0 Å². The second-order valence-corrected chi connectivity index (χ2v) is 6.99. The molecule has 0 atom stereocenters. The number of Topliss-reactive ketones (excluding diaryl/α,β-unsaturated/α-hetero) is 1. The van der Waals surface area contributed by atoms with Crippen molar-refractivity contribution in [3.05, 3.63) is 59.2 Å². The second-order valence-electron chi connectivity index (χ2n) is 5.25. The van der Waals surface area contributed by atoms with Crippen LogP contribution in [-0.4, -0.2) is 20.5 Å². The summed E-state index contributed by atoms with van der Waals surface area (Å²) in [6.07, 6.45) is 1.27. The van der Waals surface area contributed by atoms with E-state index in [2.05, 4.69) is 4.72 Å². The summed E-state index contributed by atoms with van der Waals surface area (Å²) < 4.78 is 24.9. The molecule has 0 aliphatic carbocycles. The number of benzene rings is 2. The molecule has 0 fully saturated rings. The van der Waals surface area contributed by atoms with E-state index in [1.165, 1.54) is 0 Å². The van der Waals surface area contributed by atoms with Gasteiger partial charge in [0.25, 0.3) is 0 Å². The van der Waals surface area contributed by atoms with Gasteiger partial charge in [0.05, 0.1) is 6.26 Å². The smallest absolute Gasteiger partial charge is 0.229 e. The van der Waals surface area contributed by atoms with Gasteiger partial charge in [-0.1, -0.05) is 24.3 Å². The van der Waals surface area contributed by atoms with Gasteiger partial charge in [-0.25, -0.2) is 8.42 Å². The Balaban J connectivity index is 2.18. The fourth-order valence-corrected chi connectivity index (χ4v) is 2.62. The number of carbonyl (C=O) groups excluding carboxylic acids is 1. The highest BCUT2D eigenvalue weighted by atomic mass is 32.2. The number of carbonyl (C=O) groups is 1. The van der Waals surface area contributed by atoms with E-state index in [-0.39, 0.29) is 12.2 Å². The first kappa shape index (κ1) is 16.0. The van der Waals surface area contributed by atoms with Crippen molar-refractivity contribution in [2.75, 3.05) is 16.7 Å². The van der Waals surface area contributed by atoms with Crippen molar-refractivity contribution in [2.45, 2.75) is 13.3 Å². The SMILES string of the molecule is Cc1ccc(C(=O)Cc2cccc(NS(C)(=O)=O)c2)cc1N. The van der Waals surface area contributed by atoms with Gasteiger partial charge in [0.2, 0.25) is 10.0 Å². The van der Waals surface area contributed by atoms with Crippen LogP contribution in [0.4, 0.5) is 11.4 Å². The van der Waals surface area contributed by atoms with Gasteiger partial charge >= 0.3 is 0 Å². The number of anilines is 2. The molecule has 0 radical (unpaired) electrons. The third-order valence-corrected chi connectivity index (χ3v) is 3.80. The van der Waals surface area contributed by atoms with E-state index in [0.717, 1.165) is 17.4 Å². The fraction of sp³-hybridized carbons (Fsp3) is 0.188. The van der Waals surface area contributed by atoms with Gasteiger partial charge < -0.3 is 5.73 Å². The van der Waals surface area contributed by atoms with Gasteiger partial charge in [-0.05, 0) is 36.2 Å². The van der Waals surface area contributed by atoms with E-state index in [9.17, 15) is 13.2 Å². The molecule has 116 valence electrons. The lowest BCUT2D eigenvalue weighted by atomic mass is 10.0. The molecule has 0 saturated heterocycles. The number of hydrogen-bond acceptors (Lipinski definition) is 4. The lowest BCUT2D eigenvalue weighted by molar-refractivity contribution is 0.0993. The van der Waals surface area contributed by atoms with Crippen LogP contribution in [-0.2, 0) is 16.4 Å². The Kier molecular flexibility index (Phi) is 4.51. The number of nitrogens with one attached hydrogen (secondary N) is 1. The lowest BCUT2D eigenvalue weighted by Crippen LogP contribution is -2.10. The first-order valence-electron chi connectivity index (χ1n) is 6.71. The molecule has 0 aromatic heterocycles. The summed E-state index contributed by atoms with van der Waals surface area (Å²) in [4.78, 5) is 12.3. The van der Waals surface area contributed by atoms with Gasteiger partial charge in [0, 0.05) is 23.4 Å². The van der Waals surface area contributed by atoms with E-state index in [1.54, 1.807) is 36.4 Å². The molecule has 0 aliphatic rings. The molecular formula is C16H18N2O3S. The van der Waals surface area contributed by atoms with Gasteiger partial charge in [-0.15, -0.1) is 0 Å². The zero-order valence-corrected chi connectivity index (χ0v) is 13.3. The summed E-state index contributed by atoms with van der Waals surface area (Å²) in [5.41, 5.74) is 9.05. The zero-order chi connectivity index (χ0) is 16.3. The molecule has 0 amide bonds. The van der Waals surface area contributed by atoms with Gasteiger partial charge in [-0.2, -0.15) is 0 Å². The van der Waals surface area contributed by atoms with Crippen LogP contribution in [0.1, 0.15) is 21.5 Å². The molecule has 6 heteroatoms. The Morgan fingerprint density at radius 2 is 1.91 bits per heavy atom. The molecule has 2 aromatic rings. The van der Waals surface area contributed by atoms with Crippen molar-refractivity contribution in [1.29, 1.82) is 0 Å². The highest BCUT2D eigenvalue weighted by Crippen LogP contribution is 2.17. The Labute approximate surface area is 130 Å². The number of rotatable bonds is 5. The number of nitrogens with two attached hydrogens (primary N) is 1. The highest BCUT2D eigenvalue weighted by molar-refractivity contribution is 7.92. The summed E-state index contributed by atoms with van der Waals surface area (Å²) >= 11 is 0. The maximum atomic E-state index is 12.3. The van der Waals surface area contributed by atoms with Crippen LogP contribution >= 0.6 is 0 Å². The molecule has 0 unspecified atom stereocenters. The molecule has 2 aromatic carbocycles. The van der Waals surface area contributed by atoms with Gasteiger partial charge in [0.15, 0.2) is 5.78 Å². The average molecular weight is 318 g/mol. The van der Waals surface area contributed by atoms with Crippen LogP contribution in [0.15, 0.2) is 42.5 Å². The second kappa shape index (κ2) is 6.19. The number of sulfonamides is 1. The van der Waals surface area contributed by atoms with Crippen LogP contribution in [0, 0.1) is 6.92 Å². The van der Waals surface area contributed by atoms with Crippen LogP contribution in [0.25, 0.3) is 0 Å². The van der Waals surface area contributed by atoms with Gasteiger partial charge in [-0.3, -0.25) is 9.52 Å². The van der Waals surface area contributed by atoms with Crippen molar-refractivity contribution >= 4 is 27.2 Å². The number of nitrogen functional groups attached to an aromatic ring is 1. The minimum absolute atomic E-state index is 0.0665. The zero-order valence-electron chi connectivity index (χ0n) is 12.5. The molecule has 2 rings (SSSR count). The third-order valence-electron chi connectivity index (χ3n) is 3.20. The monoisotopic (exact) mass is 318 g/mol. The summed E-state index contributed by atoms with van der Waals surface area (Å²) in [5, 5.41) is 0. The lowest BCUT2D eigenvalue weighted by Gasteiger charge is -2.07. The first-order chi connectivity index (χ1) is 10.2. The number of hydrogen-bond donors (Lipinski definition) is 2. The third kappa shape index (κ3) is 4.33. The summed E-state index contributed by atoms with van der Waals surface area (Å²) in [7, 11) is -3.34. The predicted molar refractivity (Wildman–Crippen MR) is 88.5 cm³/mol. The van der Waals surface area contributed by atoms with Crippen molar-refractivity contribution in [2.24, 2.45) is 0 Å². The maximum absolute atomic E-state index is 12.3. The summed E-state index contributed by atoms with van der Waals surface area (Å²) in [5.74, 6) is -0.0665. The normalized spacial score (nSPS) is 11.2. The minimum Gasteiger partial charge on any atom is -0.398 e. The molecule has 22 heavy (non-hydrogen) atoms. The first-order valence-corrected chi connectivity index (χ1v) is 8.60. The highest BCUT2D eigenvalue weighted by Gasteiger charge is 2.09. The number of aryl methyl sites for hydroxylation is 1. The van der Waals surface area contributed by atoms with Gasteiger partial charge in [0.1, 0.15) is 0 Å². The van der Waals surface area contributed by atoms with E-state index in [4.69, 9.17) is 5.73 Å². The van der Waals surface area contributed by atoms with Crippen molar-refractivity contribution < 1.29 is 13.2 Å². The Hall–Kier alpha value is -2.34. The standard InChI is InChI=1S/C16H18N2O3S/c1-11-6-7-13(10-15(11)17)16(19)9-12-4-3-5-14(8-12)18-22(2,20)21/h3-8,10,18H,9,17H2,1-2H3. The van der Waals surface area contributed by atoms with Crippen LogP contribution < -0.4 is 10.5 Å². The molecule has 0 saturated carbocycles. The molecule has 3 N–H and O–H groups in total. The van der Waals surface area contributed by atoms with E-state index >= 15 is 0 Å². The van der Waals surface area contributed by atoms with Crippen LogP contribution in [0.3, 0.4) is 0 Å². The molecule has 0 heterocycles. The van der Waals surface area contributed by atoms with Crippen molar-refractivity contribution in [3.63, 3.8) is 0 Å². The van der Waals surface area contributed by atoms with E-state index in [0.29, 0.717) is 16.9 Å². The quantitative estimate of drug-likeness (QED) is 0.654. The molecule has 5 nitrogen and oxygen atoms in total. The van der Waals surface area contributed by atoms with Crippen LogP contribution in [0.5, 0.6) is 0 Å². The van der Waals surface area contributed by atoms with Crippen molar-refractivity contribution in [3.8, 4) is 0 Å². The minimum atomic E-state index is -3.34. The van der Waals surface area contributed by atoms with Crippen LogP contribution in [0.2, 0.25) is 0 Å². The topological polar surface area (TPSA) is 89.3 Å². The summed E-state index contributed by atoms with van der Waals surface area (Å²) in [6, 6.07) is 12.0. The molecular weight excluding hydrogens is 300 g/mol. The Morgan fingerprint density at radius 1 is 1.18 bits per heavy atom. The van der Waals surface area contributed by atoms with E-state index in [1.807, 2.05) is 13.0 Å². The fourth-order valence-electron chi connectivity index (χ4n) is 2.06. The molecule has 0 aliphatic heterocycles. The molecule has 0 spiro atoms.